The number of fused-ring (bicyclic) bond motifs is 1. The van der Waals surface area contributed by atoms with Gasteiger partial charge in [-0.05, 0) is 30.0 Å². The maximum atomic E-state index is 12.3. The van der Waals surface area contributed by atoms with E-state index in [1.807, 2.05) is 48.5 Å². The molecule has 2 aromatic carbocycles. The van der Waals surface area contributed by atoms with E-state index < -0.39 is 6.09 Å². The van der Waals surface area contributed by atoms with Crippen molar-refractivity contribution < 1.29 is 14.3 Å². The molecule has 3 aromatic rings. The molecule has 0 spiro atoms. The number of hydrogen-bond donors (Lipinski definition) is 2. The number of nitrogens with zero attached hydrogens (tertiary/aromatic N) is 1. The summed E-state index contributed by atoms with van der Waals surface area (Å²) in [6.07, 6.45) is 0.291. The normalized spacial score (nSPS) is 12.1. The number of H-pyrrole nitrogens is 1. The minimum atomic E-state index is -0.456. The minimum absolute atomic E-state index is 0.235. The molecular weight excluding hydrogens is 342 g/mol. The van der Waals surface area contributed by atoms with Gasteiger partial charge in [0, 0.05) is 6.07 Å². The fourth-order valence-electron chi connectivity index (χ4n) is 2.91. The first kappa shape index (κ1) is 18.8. The van der Waals surface area contributed by atoms with Crippen LogP contribution in [0.1, 0.15) is 37.7 Å². The van der Waals surface area contributed by atoms with Crippen molar-refractivity contribution in [3.63, 3.8) is 0 Å². The summed E-state index contributed by atoms with van der Waals surface area (Å²) >= 11 is 0. The van der Waals surface area contributed by atoms with Gasteiger partial charge < -0.3 is 19.8 Å². The number of hydrogen-bond acceptors (Lipinski definition) is 4. The Morgan fingerprint density at radius 3 is 2.67 bits per heavy atom. The minimum Gasteiger partial charge on any atom is -0.497 e. The summed E-state index contributed by atoms with van der Waals surface area (Å²) in [5, 5.41) is 2.94. The van der Waals surface area contributed by atoms with E-state index in [1.54, 1.807) is 7.11 Å². The molecule has 142 valence electrons. The highest BCUT2D eigenvalue weighted by Crippen LogP contribution is 2.24. The molecule has 0 aliphatic heterocycles. The van der Waals surface area contributed by atoms with E-state index in [0.29, 0.717) is 11.7 Å². The molecule has 1 heterocycles. The van der Waals surface area contributed by atoms with E-state index >= 15 is 0 Å². The summed E-state index contributed by atoms with van der Waals surface area (Å²) < 4.78 is 10.6. The predicted octanol–water partition coefficient (Wildman–Crippen LogP) is 4.59. The van der Waals surface area contributed by atoms with Gasteiger partial charge in [0.2, 0.25) is 0 Å². The number of ether oxygens (including phenoxy) is 2. The van der Waals surface area contributed by atoms with Crippen LogP contribution < -0.4 is 10.1 Å². The van der Waals surface area contributed by atoms with Gasteiger partial charge in [0.1, 0.15) is 18.2 Å². The number of carbonyl (C=O) groups excluding carboxylic acids is 1. The van der Waals surface area contributed by atoms with Gasteiger partial charge in [-0.1, -0.05) is 44.2 Å². The highest BCUT2D eigenvalue weighted by molar-refractivity contribution is 5.77. The van der Waals surface area contributed by atoms with Gasteiger partial charge in [-0.15, -0.1) is 0 Å². The maximum absolute atomic E-state index is 12.3. The summed E-state index contributed by atoms with van der Waals surface area (Å²) in [7, 11) is 1.63. The Labute approximate surface area is 158 Å². The zero-order valence-electron chi connectivity index (χ0n) is 15.9. The molecule has 0 saturated heterocycles. The summed E-state index contributed by atoms with van der Waals surface area (Å²) in [6.45, 7) is 4.45. The Morgan fingerprint density at radius 1 is 1.19 bits per heavy atom. The second kappa shape index (κ2) is 8.58. The van der Waals surface area contributed by atoms with Crippen LogP contribution in [0.4, 0.5) is 4.79 Å². The lowest BCUT2D eigenvalue weighted by molar-refractivity contribution is 0.134. The number of methoxy groups -OCH3 is 1. The Kier molecular flexibility index (Phi) is 5.96. The molecule has 0 bridgehead atoms. The van der Waals surface area contributed by atoms with Crippen LogP contribution in [0.25, 0.3) is 11.0 Å². The van der Waals surface area contributed by atoms with Crippen molar-refractivity contribution in [2.24, 2.45) is 5.92 Å². The second-order valence-corrected chi connectivity index (χ2v) is 6.89. The standard InChI is InChI=1S/C21H25N3O3/c1-14(2)11-19(24-21(25)27-13-15-7-5-4-6-8-15)20-22-17-10-9-16(26-3)12-18(17)23-20/h4-10,12,14,19H,11,13H2,1-3H3,(H,22,23)(H,24,25). The zero-order valence-corrected chi connectivity index (χ0v) is 15.9. The van der Waals surface area contributed by atoms with Gasteiger partial charge in [0.25, 0.3) is 0 Å². The summed E-state index contributed by atoms with van der Waals surface area (Å²) in [6, 6.07) is 15.0. The summed E-state index contributed by atoms with van der Waals surface area (Å²) in [4.78, 5) is 20.2. The molecule has 6 heteroatoms. The summed E-state index contributed by atoms with van der Waals surface area (Å²) in [5.74, 6) is 1.84. The quantitative estimate of drug-likeness (QED) is 0.641. The number of aromatic amines is 1. The number of rotatable bonds is 7. The first-order valence-electron chi connectivity index (χ1n) is 9.06. The Hall–Kier alpha value is -3.02. The van der Waals surface area contributed by atoms with Gasteiger partial charge in [-0.3, -0.25) is 0 Å². The molecule has 3 rings (SSSR count). The Bertz CT molecular complexity index is 890. The number of benzene rings is 2. The van der Waals surface area contributed by atoms with Gasteiger partial charge in [-0.2, -0.15) is 0 Å². The largest absolute Gasteiger partial charge is 0.497 e. The van der Waals surface area contributed by atoms with Gasteiger partial charge in [0.05, 0.1) is 24.2 Å². The van der Waals surface area contributed by atoms with Crippen molar-refractivity contribution in [2.45, 2.75) is 32.9 Å². The third-order valence-corrected chi connectivity index (χ3v) is 4.25. The van der Waals surface area contributed by atoms with Gasteiger partial charge in [-0.25, -0.2) is 9.78 Å². The van der Waals surface area contributed by atoms with Gasteiger partial charge in [0.15, 0.2) is 0 Å². The fourth-order valence-corrected chi connectivity index (χ4v) is 2.91. The molecule has 1 aromatic heterocycles. The predicted molar refractivity (Wildman–Crippen MR) is 105 cm³/mol. The Balaban J connectivity index is 1.72. The van der Waals surface area contributed by atoms with E-state index in [4.69, 9.17) is 9.47 Å². The molecule has 0 radical (unpaired) electrons. The third kappa shape index (κ3) is 5.00. The lowest BCUT2D eigenvalue weighted by atomic mass is 10.0. The van der Waals surface area contributed by atoms with Crippen LogP contribution >= 0.6 is 0 Å². The number of amides is 1. The maximum Gasteiger partial charge on any atom is 0.408 e. The van der Waals surface area contributed by atoms with E-state index in [9.17, 15) is 4.79 Å². The number of aromatic nitrogens is 2. The van der Waals surface area contributed by atoms with Crippen molar-refractivity contribution in [3.8, 4) is 5.75 Å². The fraction of sp³-hybridized carbons (Fsp3) is 0.333. The molecule has 0 fully saturated rings. The van der Waals surface area contributed by atoms with E-state index in [1.165, 1.54) is 0 Å². The molecule has 27 heavy (non-hydrogen) atoms. The van der Waals surface area contributed by atoms with Crippen molar-refractivity contribution >= 4 is 17.1 Å². The van der Waals surface area contributed by atoms with Crippen LogP contribution in [-0.2, 0) is 11.3 Å². The topological polar surface area (TPSA) is 76.2 Å². The van der Waals surface area contributed by atoms with Gasteiger partial charge >= 0.3 is 6.09 Å². The smallest absolute Gasteiger partial charge is 0.408 e. The van der Waals surface area contributed by atoms with Crippen molar-refractivity contribution in [2.75, 3.05) is 7.11 Å². The highest BCUT2D eigenvalue weighted by Gasteiger charge is 2.20. The molecule has 0 aliphatic carbocycles. The number of alkyl carbamates (subject to hydrolysis) is 1. The molecule has 1 amide bonds. The van der Waals surface area contributed by atoms with Crippen LogP contribution in [0.5, 0.6) is 5.75 Å². The zero-order chi connectivity index (χ0) is 19.2. The van der Waals surface area contributed by atoms with Crippen molar-refractivity contribution in [3.05, 3.63) is 59.9 Å². The first-order valence-corrected chi connectivity index (χ1v) is 9.06. The van der Waals surface area contributed by atoms with Crippen molar-refractivity contribution in [1.82, 2.24) is 15.3 Å². The number of carbonyl (C=O) groups is 1. The van der Waals surface area contributed by atoms with E-state index in [-0.39, 0.29) is 12.6 Å². The molecule has 1 atom stereocenters. The average molecular weight is 367 g/mol. The molecule has 1 unspecified atom stereocenters. The first-order chi connectivity index (χ1) is 13.0. The second-order valence-electron chi connectivity index (χ2n) is 6.89. The van der Waals surface area contributed by atoms with E-state index in [0.717, 1.165) is 28.8 Å². The molecule has 0 saturated carbocycles. The van der Waals surface area contributed by atoms with E-state index in [2.05, 4.69) is 29.1 Å². The molecule has 0 aliphatic rings. The number of nitrogens with one attached hydrogen (secondary N) is 2. The summed E-state index contributed by atoms with van der Waals surface area (Å²) in [5.41, 5.74) is 2.65. The SMILES string of the molecule is COc1ccc2[nH]c(C(CC(C)C)NC(=O)OCc3ccccc3)nc2c1. The monoisotopic (exact) mass is 367 g/mol. The molecule has 2 N–H and O–H groups in total. The highest BCUT2D eigenvalue weighted by atomic mass is 16.5. The third-order valence-electron chi connectivity index (χ3n) is 4.25. The average Bonchev–Trinajstić information content (AvgIpc) is 3.09. The number of imidazole rings is 1. The lowest BCUT2D eigenvalue weighted by Gasteiger charge is -2.18. The molecule has 6 nitrogen and oxygen atoms in total. The van der Waals surface area contributed by atoms with Crippen LogP contribution in [0, 0.1) is 5.92 Å². The molecular formula is C21H25N3O3. The lowest BCUT2D eigenvalue weighted by Crippen LogP contribution is -2.30. The van der Waals surface area contributed by atoms with Crippen LogP contribution in [0.3, 0.4) is 0 Å². The Morgan fingerprint density at radius 2 is 1.96 bits per heavy atom. The van der Waals surface area contributed by atoms with Crippen molar-refractivity contribution in [1.29, 1.82) is 0 Å². The van der Waals surface area contributed by atoms with Crippen LogP contribution in [-0.4, -0.2) is 23.2 Å². The van der Waals surface area contributed by atoms with Crippen LogP contribution in [0.15, 0.2) is 48.5 Å². The van der Waals surface area contributed by atoms with Crippen LogP contribution in [0.2, 0.25) is 0 Å².